The van der Waals surface area contributed by atoms with Crippen molar-refractivity contribution in [3.05, 3.63) is 23.0 Å². The average molecular weight is 301 g/mol. The van der Waals surface area contributed by atoms with Crippen LogP contribution in [0.2, 0.25) is 5.02 Å². The fraction of sp³-hybridized carbons (Fsp3) is 0.571. The maximum absolute atomic E-state index is 12.1. The molecule has 1 aromatic rings. The number of aliphatic carboxylic acids is 1. The van der Waals surface area contributed by atoms with Crippen molar-refractivity contribution in [1.82, 2.24) is 9.88 Å². The molecule has 0 aromatic carbocycles. The molecule has 5 nitrogen and oxygen atoms in total. The lowest BCUT2D eigenvalue weighted by Crippen LogP contribution is -2.36. The number of carbonyl (C=O) groups excluding carboxylic acids is 1. The predicted molar refractivity (Wildman–Crippen MR) is 78.0 cm³/mol. The maximum atomic E-state index is 12.1. The Morgan fingerprint density at radius 3 is 2.60 bits per heavy atom. The molecular formula is C14H21ClN2O3. The van der Waals surface area contributed by atoms with Gasteiger partial charge in [0.15, 0.2) is 0 Å². The fourth-order valence-electron chi connectivity index (χ4n) is 1.99. The van der Waals surface area contributed by atoms with E-state index in [0.29, 0.717) is 17.3 Å². The van der Waals surface area contributed by atoms with Crippen molar-refractivity contribution in [3.63, 3.8) is 0 Å². The van der Waals surface area contributed by atoms with E-state index in [-0.39, 0.29) is 18.4 Å². The smallest absolute Gasteiger partial charge is 0.308 e. The van der Waals surface area contributed by atoms with Crippen molar-refractivity contribution in [3.8, 4) is 0 Å². The van der Waals surface area contributed by atoms with Gasteiger partial charge in [0.05, 0.1) is 10.9 Å². The number of carbonyl (C=O) groups is 2. The summed E-state index contributed by atoms with van der Waals surface area (Å²) in [6.07, 6.45) is 2.59. The first-order valence-corrected chi connectivity index (χ1v) is 7.11. The van der Waals surface area contributed by atoms with Gasteiger partial charge >= 0.3 is 5.97 Å². The van der Waals surface area contributed by atoms with E-state index in [4.69, 9.17) is 16.7 Å². The molecule has 0 aliphatic heterocycles. The molecule has 1 aromatic heterocycles. The number of carboxylic acids is 1. The number of carboxylic acid groups (broad SMARTS) is 1. The largest absolute Gasteiger partial charge is 0.481 e. The van der Waals surface area contributed by atoms with Crippen molar-refractivity contribution in [2.45, 2.75) is 33.7 Å². The van der Waals surface area contributed by atoms with Crippen LogP contribution in [0, 0.1) is 11.8 Å². The molecule has 0 saturated heterocycles. The number of halogens is 1. The second-order valence-electron chi connectivity index (χ2n) is 5.14. The molecule has 0 fully saturated rings. The number of amides is 1. The molecule has 0 aliphatic rings. The molecule has 1 unspecified atom stereocenters. The number of aromatic nitrogens is 1. The number of nitrogens with one attached hydrogen (secondary N) is 1. The van der Waals surface area contributed by atoms with Crippen molar-refractivity contribution in [2.24, 2.45) is 11.8 Å². The highest BCUT2D eigenvalue weighted by atomic mass is 35.5. The zero-order valence-corrected chi connectivity index (χ0v) is 12.8. The third-order valence-electron chi connectivity index (χ3n) is 3.16. The van der Waals surface area contributed by atoms with Crippen molar-refractivity contribution >= 4 is 23.5 Å². The molecule has 0 bridgehead atoms. The SMILES string of the molecule is CCCn1cc(Cl)cc1C(=O)NCC(C(=O)O)C(C)C. The summed E-state index contributed by atoms with van der Waals surface area (Å²) < 4.78 is 1.78. The molecule has 1 rings (SSSR count). The van der Waals surface area contributed by atoms with Crippen LogP contribution in [-0.4, -0.2) is 28.1 Å². The Morgan fingerprint density at radius 2 is 2.10 bits per heavy atom. The van der Waals surface area contributed by atoms with Crippen LogP contribution < -0.4 is 5.32 Å². The van der Waals surface area contributed by atoms with E-state index >= 15 is 0 Å². The maximum Gasteiger partial charge on any atom is 0.308 e. The second-order valence-corrected chi connectivity index (χ2v) is 5.57. The van der Waals surface area contributed by atoms with E-state index in [1.165, 1.54) is 0 Å². The van der Waals surface area contributed by atoms with Gasteiger partial charge in [-0.25, -0.2) is 0 Å². The van der Waals surface area contributed by atoms with Crippen LogP contribution in [0.15, 0.2) is 12.3 Å². The van der Waals surface area contributed by atoms with Gasteiger partial charge in [0.1, 0.15) is 5.69 Å². The summed E-state index contributed by atoms with van der Waals surface area (Å²) in [5, 5.41) is 12.3. The van der Waals surface area contributed by atoms with E-state index in [1.807, 2.05) is 20.8 Å². The van der Waals surface area contributed by atoms with Crippen molar-refractivity contribution in [2.75, 3.05) is 6.54 Å². The van der Waals surface area contributed by atoms with Crippen LogP contribution >= 0.6 is 11.6 Å². The van der Waals surface area contributed by atoms with E-state index in [9.17, 15) is 9.59 Å². The molecule has 6 heteroatoms. The Hall–Kier alpha value is -1.49. The third kappa shape index (κ3) is 4.27. The fourth-order valence-corrected chi connectivity index (χ4v) is 2.21. The topological polar surface area (TPSA) is 71.3 Å². The van der Waals surface area contributed by atoms with Gasteiger partial charge in [0.25, 0.3) is 5.91 Å². The van der Waals surface area contributed by atoms with Gasteiger partial charge in [-0.2, -0.15) is 0 Å². The zero-order valence-electron chi connectivity index (χ0n) is 12.0. The first-order chi connectivity index (χ1) is 9.36. The summed E-state index contributed by atoms with van der Waals surface area (Å²) in [4.78, 5) is 23.2. The minimum absolute atomic E-state index is 0.0428. The molecule has 0 saturated carbocycles. The monoisotopic (exact) mass is 300 g/mol. The number of hydrogen-bond donors (Lipinski definition) is 2. The molecule has 1 amide bonds. The van der Waals surface area contributed by atoms with E-state index in [1.54, 1.807) is 16.8 Å². The lowest BCUT2D eigenvalue weighted by atomic mass is 9.96. The Balaban J connectivity index is 2.74. The molecular weight excluding hydrogens is 280 g/mol. The number of hydrogen-bond acceptors (Lipinski definition) is 2. The Morgan fingerprint density at radius 1 is 1.45 bits per heavy atom. The Labute approximate surface area is 123 Å². The highest BCUT2D eigenvalue weighted by Crippen LogP contribution is 2.15. The highest BCUT2D eigenvalue weighted by molar-refractivity contribution is 6.31. The average Bonchev–Trinajstić information content (AvgIpc) is 2.70. The van der Waals surface area contributed by atoms with Crippen LogP contribution in [0.3, 0.4) is 0 Å². The summed E-state index contributed by atoms with van der Waals surface area (Å²) in [6, 6.07) is 1.59. The minimum Gasteiger partial charge on any atom is -0.481 e. The minimum atomic E-state index is -0.901. The van der Waals surface area contributed by atoms with Crippen LogP contribution in [0.1, 0.15) is 37.7 Å². The molecule has 1 atom stereocenters. The summed E-state index contributed by atoms with van der Waals surface area (Å²) in [6.45, 7) is 6.46. The summed E-state index contributed by atoms with van der Waals surface area (Å²) in [7, 11) is 0. The van der Waals surface area contributed by atoms with Crippen molar-refractivity contribution < 1.29 is 14.7 Å². The van der Waals surface area contributed by atoms with Crippen LogP contribution in [0.4, 0.5) is 0 Å². The highest BCUT2D eigenvalue weighted by Gasteiger charge is 2.23. The lowest BCUT2D eigenvalue weighted by molar-refractivity contribution is -0.142. The second kappa shape index (κ2) is 7.33. The standard InChI is InChI=1S/C14H21ClN2O3/c1-4-5-17-8-10(15)6-12(17)13(18)16-7-11(9(2)3)14(19)20/h6,8-9,11H,4-5,7H2,1-3H3,(H,16,18)(H,19,20). The van der Waals surface area contributed by atoms with Crippen LogP contribution in [0.5, 0.6) is 0 Å². The van der Waals surface area contributed by atoms with Gasteiger partial charge in [-0.3, -0.25) is 9.59 Å². The van der Waals surface area contributed by atoms with Crippen LogP contribution in [0.25, 0.3) is 0 Å². The van der Waals surface area contributed by atoms with Crippen molar-refractivity contribution in [1.29, 1.82) is 0 Å². The van der Waals surface area contributed by atoms with Gasteiger partial charge in [-0.05, 0) is 18.4 Å². The summed E-state index contributed by atoms with van der Waals surface area (Å²) in [5.74, 6) is -1.83. The Kier molecular flexibility index (Phi) is 6.07. The van der Waals surface area contributed by atoms with Gasteiger partial charge in [0.2, 0.25) is 0 Å². The van der Waals surface area contributed by atoms with Gasteiger partial charge in [-0.15, -0.1) is 0 Å². The molecule has 0 radical (unpaired) electrons. The molecule has 0 spiro atoms. The molecule has 2 N–H and O–H groups in total. The summed E-state index contributed by atoms with van der Waals surface area (Å²) in [5.41, 5.74) is 0.463. The molecule has 1 heterocycles. The van der Waals surface area contributed by atoms with Gasteiger partial charge in [0, 0.05) is 19.3 Å². The number of aryl methyl sites for hydroxylation is 1. The van der Waals surface area contributed by atoms with E-state index in [2.05, 4.69) is 5.32 Å². The molecule has 0 aliphatic carbocycles. The predicted octanol–water partition coefficient (Wildman–Crippen LogP) is 2.64. The van der Waals surface area contributed by atoms with E-state index < -0.39 is 11.9 Å². The summed E-state index contributed by atoms with van der Waals surface area (Å²) >= 11 is 5.91. The molecule has 20 heavy (non-hydrogen) atoms. The van der Waals surface area contributed by atoms with Crippen LogP contribution in [-0.2, 0) is 11.3 Å². The molecule has 112 valence electrons. The third-order valence-corrected chi connectivity index (χ3v) is 3.37. The Bertz CT molecular complexity index is 483. The first-order valence-electron chi connectivity index (χ1n) is 6.73. The number of rotatable bonds is 7. The van der Waals surface area contributed by atoms with Gasteiger partial charge < -0.3 is 15.0 Å². The van der Waals surface area contributed by atoms with Gasteiger partial charge in [-0.1, -0.05) is 32.4 Å². The first kappa shape index (κ1) is 16.6. The van der Waals surface area contributed by atoms with E-state index in [0.717, 1.165) is 6.42 Å². The lowest BCUT2D eigenvalue weighted by Gasteiger charge is -2.17. The number of nitrogens with zero attached hydrogens (tertiary/aromatic N) is 1. The normalized spacial score (nSPS) is 12.4. The zero-order chi connectivity index (χ0) is 15.3. The quantitative estimate of drug-likeness (QED) is 0.813.